The van der Waals surface area contributed by atoms with Gasteiger partial charge in [0.1, 0.15) is 10.1 Å². The summed E-state index contributed by atoms with van der Waals surface area (Å²) in [7, 11) is -4.39. The fraction of sp³-hybridized carbons (Fsp3) is 0.286. The zero-order valence-electron chi connectivity index (χ0n) is 11.2. The molecule has 2 rings (SSSR count). The van der Waals surface area contributed by atoms with Crippen LogP contribution >= 0.6 is 0 Å². The molecule has 0 saturated carbocycles. The van der Waals surface area contributed by atoms with E-state index < -0.39 is 10.1 Å². The van der Waals surface area contributed by atoms with Crippen molar-refractivity contribution in [3.8, 4) is 0 Å². The van der Waals surface area contributed by atoms with Gasteiger partial charge in [-0.1, -0.05) is 37.6 Å². The Kier molecular flexibility index (Phi) is 6.02. The predicted octanol–water partition coefficient (Wildman–Crippen LogP) is 0.0905. The molecule has 0 unspecified atom stereocenters. The van der Waals surface area contributed by atoms with Gasteiger partial charge in [0.25, 0.3) is 0 Å². The summed E-state index contributed by atoms with van der Waals surface area (Å²) in [6.07, 6.45) is 2.80. The van der Waals surface area contributed by atoms with Crippen molar-refractivity contribution in [2.24, 2.45) is 0 Å². The van der Waals surface area contributed by atoms with Gasteiger partial charge in [0.2, 0.25) is 0 Å². The molecule has 3 nitrogen and oxygen atoms in total. The van der Waals surface area contributed by atoms with E-state index in [0.717, 1.165) is 35.6 Å². The summed E-state index contributed by atoms with van der Waals surface area (Å²) in [5, 5.41) is 1.83. The number of unbranched alkanes of at least 4 members (excludes halogenated alkanes) is 1. The van der Waals surface area contributed by atoms with Gasteiger partial charge in [0.15, 0.2) is 0 Å². The van der Waals surface area contributed by atoms with E-state index in [1.54, 1.807) is 0 Å². The Labute approximate surface area is 136 Å². The van der Waals surface area contributed by atoms with Gasteiger partial charge in [-0.25, -0.2) is 8.42 Å². The van der Waals surface area contributed by atoms with Crippen LogP contribution < -0.4 is 29.6 Å². The van der Waals surface area contributed by atoms with E-state index in [2.05, 4.69) is 6.92 Å². The van der Waals surface area contributed by atoms with Gasteiger partial charge in [0.05, 0.1) is 4.90 Å². The molecule has 2 aromatic rings. The first-order chi connectivity index (χ1) is 8.52. The van der Waals surface area contributed by atoms with Crippen molar-refractivity contribution in [1.82, 2.24) is 0 Å². The van der Waals surface area contributed by atoms with Gasteiger partial charge in [-0.2, -0.15) is 0 Å². The molecule has 0 radical (unpaired) electrons. The molecule has 0 fully saturated rings. The average molecular weight is 286 g/mol. The van der Waals surface area contributed by atoms with Crippen LogP contribution in [0.25, 0.3) is 10.8 Å². The average Bonchev–Trinajstić information content (AvgIpc) is 2.34. The third-order valence-electron chi connectivity index (χ3n) is 3.01. The largest absolute Gasteiger partial charge is 1.00 e. The first-order valence-corrected chi connectivity index (χ1v) is 7.41. The summed E-state index contributed by atoms with van der Waals surface area (Å²) in [5.74, 6) is 0. The van der Waals surface area contributed by atoms with E-state index in [-0.39, 0.29) is 34.5 Å². The zero-order valence-corrected chi connectivity index (χ0v) is 14.0. The number of aryl methyl sites for hydroxylation is 1. The summed E-state index contributed by atoms with van der Waals surface area (Å²) in [4.78, 5) is -0.132. The van der Waals surface area contributed by atoms with Crippen LogP contribution in [0.4, 0.5) is 0 Å². The SMILES string of the molecule is CCCCc1cc(S(=O)(=O)[O-])cc2ccccc12.[Na+]. The molecule has 19 heavy (non-hydrogen) atoms. The Bertz CT molecular complexity index is 665. The molecule has 0 amide bonds. The second-order valence-electron chi connectivity index (χ2n) is 4.36. The first-order valence-electron chi connectivity index (χ1n) is 6.00. The number of hydrogen-bond donors (Lipinski definition) is 0. The summed E-state index contributed by atoms with van der Waals surface area (Å²) in [6.45, 7) is 2.08. The van der Waals surface area contributed by atoms with Crippen LogP contribution in [0.5, 0.6) is 0 Å². The topological polar surface area (TPSA) is 57.2 Å². The maximum absolute atomic E-state index is 11.1. The van der Waals surface area contributed by atoms with Crippen molar-refractivity contribution >= 4 is 20.9 Å². The summed E-state index contributed by atoms with van der Waals surface area (Å²) in [5.41, 5.74) is 0.935. The van der Waals surface area contributed by atoms with Crippen molar-refractivity contribution in [2.75, 3.05) is 0 Å². The molecule has 0 aromatic heterocycles. The third kappa shape index (κ3) is 4.04. The van der Waals surface area contributed by atoms with E-state index in [9.17, 15) is 13.0 Å². The Morgan fingerprint density at radius 3 is 2.47 bits per heavy atom. The van der Waals surface area contributed by atoms with Crippen molar-refractivity contribution in [2.45, 2.75) is 31.1 Å². The quantitative estimate of drug-likeness (QED) is 0.591. The number of rotatable bonds is 4. The normalized spacial score (nSPS) is 11.3. The second kappa shape index (κ2) is 6.86. The fourth-order valence-corrected chi connectivity index (χ4v) is 2.64. The van der Waals surface area contributed by atoms with Gasteiger partial charge in [-0.15, -0.1) is 0 Å². The molecule has 0 aliphatic carbocycles. The minimum Gasteiger partial charge on any atom is -0.744 e. The molecule has 5 heteroatoms. The summed E-state index contributed by atoms with van der Waals surface area (Å²) < 4.78 is 33.4. The molecule has 0 N–H and O–H groups in total. The molecule has 0 aliphatic rings. The molecule has 0 aliphatic heterocycles. The predicted molar refractivity (Wildman–Crippen MR) is 70.5 cm³/mol. The maximum Gasteiger partial charge on any atom is 1.00 e. The Balaban J connectivity index is 0.00000180. The van der Waals surface area contributed by atoms with Crippen molar-refractivity contribution < 1.29 is 42.5 Å². The molecule has 0 saturated heterocycles. The fourth-order valence-electron chi connectivity index (χ4n) is 2.08. The molecular formula is C14H15NaO3S. The van der Waals surface area contributed by atoms with Gasteiger partial charge in [0, 0.05) is 0 Å². The monoisotopic (exact) mass is 286 g/mol. The van der Waals surface area contributed by atoms with Crippen LogP contribution in [0.3, 0.4) is 0 Å². The van der Waals surface area contributed by atoms with Crippen LogP contribution in [0.2, 0.25) is 0 Å². The molecule has 0 atom stereocenters. The molecule has 96 valence electrons. The molecule has 0 heterocycles. The van der Waals surface area contributed by atoms with Crippen molar-refractivity contribution in [3.05, 3.63) is 42.0 Å². The van der Waals surface area contributed by atoms with Crippen molar-refractivity contribution in [1.29, 1.82) is 0 Å². The Morgan fingerprint density at radius 2 is 1.84 bits per heavy atom. The van der Waals surface area contributed by atoms with E-state index in [1.165, 1.54) is 12.1 Å². The molecule has 0 bridgehead atoms. The molecule has 2 aromatic carbocycles. The van der Waals surface area contributed by atoms with Gasteiger partial charge in [-0.05, 0) is 41.3 Å². The number of fused-ring (bicyclic) bond motifs is 1. The number of hydrogen-bond acceptors (Lipinski definition) is 3. The Morgan fingerprint density at radius 1 is 1.16 bits per heavy atom. The van der Waals surface area contributed by atoms with Crippen LogP contribution in [0.1, 0.15) is 25.3 Å². The maximum atomic E-state index is 11.1. The van der Waals surface area contributed by atoms with Crippen LogP contribution in [0.15, 0.2) is 41.3 Å². The smallest absolute Gasteiger partial charge is 0.744 e. The minimum atomic E-state index is -4.39. The van der Waals surface area contributed by atoms with Crippen LogP contribution in [-0.4, -0.2) is 13.0 Å². The number of benzene rings is 2. The van der Waals surface area contributed by atoms with Gasteiger partial charge >= 0.3 is 29.6 Å². The van der Waals surface area contributed by atoms with Gasteiger partial charge in [-0.3, -0.25) is 0 Å². The minimum absolute atomic E-state index is 0. The van der Waals surface area contributed by atoms with E-state index in [1.807, 2.05) is 24.3 Å². The molecular weight excluding hydrogens is 271 g/mol. The third-order valence-corrected chi connectivity index (χ3v) is 3.82. The van der Waals surface area contributed by atoms with Crippen LogP contribution in [-0.2, 0) is 16.5 Å². The van der Waals surface area contributed by atoms with E-state index >= 15 is 0 Å². The first kappa shape index (κ1) is 16.7. The van der Waals surface area contributed by atoms with Crippen molar-refractivity contribution in [3.63, 3.8) is 0 Å². The van der Waals surface area contributed by atoms with E-state index in [4.69, 9.17) is 0 Å². The van der Waals surface area contributed by atoms with Crippen LogP contribution in [0, 0.1) is 0 Å². The molecule has 0 spiro atoms. The summed E-state index contributed by atoms with van der Waals surface area (Å²) in [6, 6.07) is 10.5. The summed E-state index contributed by atoms with van der Waals surface area (Å²) >= 11 is 0. The zero-order chi connectivity index (χ0) is 13.2. The van der Waals surface area contributed by atoms with Gasteiger partial charge < -0.3 is 4.55 Å². The van der Waals surface area contributed by atoms with E-state index in [0.29, 0.717) is 0 Å². The Hall–Kier alpha value is -0.390. The standard InChI is InChI=1S/C14H16O3S.Na/c1-2-3-6-11-9-13(18(15,16)17)10-12-7-4-5-8-14(11)12;/h4-5,7-10H,2-3,6H2,1H3,(H,15,16,17);/q;+1/p-1. The second-order valence-corrected chi connectivity index (χ2v) is 5.74.